The summed E-state index contributed by atoms with van der Waals surface area (Å²) in [5.41, 5.74) is 0. The third-order valence-electron chi connectivity index (χ3n) is 6.07. The van der Waals surface area contributed by atoms with Crippen LogP contribution in [0.3, 0.4) is 0 Å². The maximum absolute atomic E-state index is 5.54. The minimum atomic E-state index is 0. The van der Waals surface area contributed by atoms with Crippen molar-refractivity contribution in [1.82, 2.24) is 10.2 Å². The van der Waals surface area contributed by atoms with E-state index in [1.165, 1.54) is 37.9 Å². The summed E-state index contributed by atoms with van der Waals surface area (Å²) in [5.74, 6) is 3.92. The molecule has 0 bridgehead atoms. The normalized spacial score (nSPS) is 24.9. The maximum atomic E-state index is 5.54. The molecule has 28 heavy (non-hydrogen) atoms. The minimum Gasteiger partial charge on any atom is -0.469 e. The Labute approximate surface area is 190 Å². The predicted octanol–water partition coefficient (Wildman–Crippen LogP) is 4.17. The predicted molar refractivity (Wildman–Crippen MR) is 127 cm³/mol. The number of hydrogen-bond donors (Lipinski definition) is 1. The van der Waals surface area contributed by atoms with Gasteiger partial charge in [0, 0.05) is 55.6 Å². The Bertz CT molecular complexity index is 593. The zero-order valence-corrected chi connectivity index (χ0v) is 19.9. The van der Waals surface area contributed by atoms with Crippen LogP contribution in [0.4, 0.5) is 0 Å². The van der Waals surface area contributed by atoms with Crippen LogP contribution in [-0.4, -0.2) is 60.8 Å². The van der Waals surface area contributed by atoms with Crippen LogP contribution in [0.25, 0.3) is 0 Å². The topological polar surface area (TPSA) is 50.0 Å². The van der Waals surface area contributed by atoms with Crippen LogP contribution >= 0.6 is 35.7 Å². The van der Waals surface area contributed by atoms with Gasteiger partial charge < -0.3 is 19.4 Å². The summed E-state index contributed by atoms with van der Waals surface area (Å²) in [5, 5.41) is 3.64. The first-order chi connectivity index (χ1) is 13.3. The lowest BCUT2D eigenvalue weighted by molar-refractivity contribution is 0.187. The van der Waals surface area contributed by atoms with Gasteiger partial charge >= 0.3 is 0 Å². The summed E-state index contributed by atoms with van der Waals surface area (Å²) in [6.07, 6.45) is 10.7. The second-order valence-electron chi connectivity index (χ2n) is 8.16. The molecule has 0 amide bonds. The fraction of sp³-hybridized carbons (Fsp3) is 0.762. The number of ether oxygens (including phenoxy) is 1. The van der Waals surface area contributed by atoms with E-state index in [9.17, 15) is 0 Å². The summed E-state index contributed by atoms with van der Waals surface area (Å²) in [6.45, 7) is 5.74. The Kier molecular flexibility index (Phi) is 8.84. The SMILES string of the molecule is I.c1coc(CCNC(=NCC2CCOC2)N2CCSC3(CCCCC3)C2)c1. The second kappa shape index (κ2) is 11.1. The first-order valence-electron chi connectivity index (χ1n) is 10.6. The summed E-state index contributed by atoms with van der Waals surface area (Å²) >= 11 is 2.21. The number of thioether (sulfide) groups is 1. The molecule has 3 aliphatic rings. The zero-order chi connectivity index (χ0) is 18.4. The summed E-state index contributed by atoms with van der Waals surface area (Å²) in [6, 6.07) is 4.00. The van der Waals surface area contributed by atoms with Gasteiger partial charge in [0.1, 0.15) is 5.76 Å². The molecule has 1 atom stereocenters. The summed E-state index contributed by atoms with van der Waals surface area (Å²) in [4.78, 5) is 7.57. The van der Waals surface area contributed by atoms with Crippen molar-refractivity contribution in [1.29, 1.82) is 0 Å². The van der Waals surface area contributed by atoms with Crippen molar-refractivity contribution in [3.05, 3.63) is 24.2 Å². The zero-order valence-electron chi connectivity index (χ0n) is 16.7. The first kappa shape index (κ1) is 22.3. The summed E-state index contributed by atoms with van der Waals surface area (Å²) < 4.78 is 11.5. The average Bonchev–Trinajstić information content (AvgIpc) is 3.39. The molecular formula is C21H34IN3O2S. The molecule has 4 rings (SSSR count). The van der Waals surface area contributed by atoms with Gasteiger partial charge in [-0.15, -0.1) is 24.0 Å². The molecule has 1 unspecified atom stereocenters. The van der Waals surface area contributed by atoms with E-state index in [0.29, 0.717) is 10.7 Å². The Hall–Kier alpha value is -0.410. The van der Waals surface area contributed by atoms with Crippen molar-refractivity contribution in [3.8, 4) is 0 Å². The Morgan fingerprint density at radius 2 is 2.21 bits per heavy atom. The van der Waals surface area contributed by atoms with Gasteiger partial charge in [-0.2, -0.15) is 11.8 Å². The van der Waals surface area contributed by atoms with Crippen LogP contribution in [0.15, 0.2) is 27.8 Å². The van der Waals surface area contributed by atoms with Crippen molar-refractivity contribution in [3.63, 3.8) is 0 Å². The molecule has 0 radical (unpaired) electrons. The van der Waals surface area contributed by atoms with Crippen molar-refractivity contribution < 1.29 is 9.15 Å². The average molecular weight is 519 g/mol. The van der Waals surface area contributed by atoms with Gasteiger partial charge in [0.15, 0.2) is 5.96 Å². The van der Waals surface area contributed by atoms with E-state index in [2.05, 4.69) is 22.0 Å². The number of guanidine groups is 1. The van der Waals surface area contributed by atoms with Crippen LogP contribution in [0, 0.1) is 5.92 Å². The molecule has 1 aliphatic carbocycles. The van der Waals surface area contributed by atoms with Crippen molar-refractivity contribution in [2.24, 2.45) is 10.9 Å². The lowest BCUT2D eigenvalue weighted by Crippen LogP contribution is -2.53. The molecule has 1 N–H and O–H groups in total. The van der Waals surface area contributed by atoms with Crippen LogP contribution < -0.4 is 5.32 Å². The quantitative estimate of drug-likeness (QED) is 0.360. The van der Waals surface area contributed by atoms with Gasteiger partial charge in [-0.1, -0.05) is 19.3 Å². The minimum absolute atomic E-state index is 0. The fourth-order valence-electron chi connectivity index (χ4n) is 4.49. The molecule has 2 aliphatic heterocycles. The van der Waals surface area contributed by atoms with Gasteiger partial charge in [-0.05, 0) is 31.4 Å². The van der Waals surface area contributed by atoms with Crippen LogP contribution in [0.1, 0.15) is 44.3 Å². The summed E-state index contributed by atoms with van der Waals surface area (Å²) in [7, 11) is 0. The number of halogens is 1. The largest absolute Gasteiger partial charge is 0.469 e. The molecular weight excluding hydrogens is 485 g/mol. The highest BCUT2D eigenvalue weighted by molar-refractivity contribution is 14.0. The van der Waals surface area contributed by atoms with E-state index in [0.717, 1.165) is 64.0 Å². The number of furan rings is 1. The standard InChI is InChI=1S/C21H33N3O2S.HI/c1-2-8-21(9-3-1)17-24(11-14-27-21)20(23-15-18-7-13-25-16-18)22-10-6-19-5-4-12-26-19;/h4-5,12,18H,1-3,6-11,13-17H2,(H,22,23);1H. The van der Waals surface area contributed by atoms with Gasteiger partial charge in [-0.25, -0.2) is 0 Å². The monoisotopic (exact) mass is 519 g/mol. The van der Waals surface area contributed by atoms with E-state index in [1.54, 1.807) is 6.26 Å². The first-order valence-corrected chi connectivity index (χ1v) is 11.6. The number of nitrogens with zero attached hydrogens (tertiary/aromatic N) is 2. The third kappa shape index (κ3) is 6.05. The van der Waals surface area contributed by atoms with E-state index in [4.69, 9.17) is 14.1 Å². The molecule has 3 fully saturated rings. The molecule has 1 saturated carbocycles. The highest BCUT2D eigenvalue weighted by Gasteiger charge is 2.38. The Morgan fingerprint density at radius 1 is 1.32 bits per heavy atom. The number of rotatable bonds is 5. The smallest absolute Gasteiger partial charge is 0.194 e. The van der Waals surface area contributed by atoms with Crippen molar-refractivity contribution >= 4 is 41.7 Å². The van der Waals surface area contributed by atoms with Crippen LogP contribution in [0.5, 0.6) is 0 Å². The van der Waals surface area contributed by atoms with Crippen molar-refractivity contribution in [2.45, 2.75) is 49.7 Å². The lowest BCUT2D eigenvalue weighted by Gasteiger charge is -2.45. The molecule has 1 aromatic heterocycles. The van der Waals surface area contributed by atoms with Crippen molar-refractivity contribution in [2.75, 3.05) is 45.1 Å². The molecule has 5 nitrogen and oxygen atoms in total. The fourth-order valence-corrected chi connectivity index (χ4v) is 6.06. The molecule has 7 heteroatoms. The molecule has 2 saturated heterocycles. The molecule has 1 spiro atoms. The number of nitrogens with one attached hydrogen (secondary N) is 1. The molecule has 3 heterocycles. The molecule has 1 aromatic rings. The van der Waals surface area contributed by atoms with Crippen LogP contribution in [-0.2, 0) is 11.2 Å². The number of hydrogen-bond acceptors (Lipinski definition) is 4. The molecule has 158 valence electrons. The number of aliphatic imine (C=N–C) groups is 1. The second-order valence-corrected chi connectivity index (χ2v) is 9.73. The van der Waals surface area contributed by atoms with E-state index in [-0.39, 0.29) is 24.0 Å². The lowest BCUT2D eigenvalue weighted by atomic mass is 9.87. The van der Waals surface area contributed by atoms with Gasteiger partial charge in [0.25, 0.3) is 0 Å². The van der Waals surface area contributed by atoms with Gasteiger partial charge in [0.2, 0.25) is 0 Å². The highest BCUT2D eigenvalue weighted by atomic mass is 127. The Balaban J connectivity index is 0.00000225. The van der Waals surface area contributed by atoms with E-state index in [1.807, 2.05) is 12.1 Å². The highest BCUT2D eigenvalue weighted by Crippen LogP contribution is 2.42. The van der Waals surface area contributed by atoms with Gasteiger partial charge in [-0.3, -0.25) is 4.99 Å². The van der Waals surface area contributed by atoms with E-state index >= 15 is 0 Å². The third-order valence-corrected chi connectivity index (χ3v) is 7.61. The Morgan fingerprint density at radius 3 is 2.96 bits per heavy atom. The van der Waals surface area contributed by atoms with Gasteiger partial charge in [0.05, 0.1) is 12.9 Å². The van der Waals surface area contributed by atoms with E-state index < -0.39 is 0 Å². The maximum Gasteiger partial charge on any atom is 0.194 e. The van der Waals surface area contributed by atoms with Crippen LogP contribution in [0.2, 0.25) is 0 Å². The molecule has 0 aromatic carbocycles.